The van der Waals surface area contributed by atoms with Gasteiger partial charge in [-0.05, 0) is 13.0 Å². The van der Waals surface area contributed by atoms with Gasteiger partial charge in [0.05, 0.1) is 23.5 Å². The van der Waals surface area contributed by atoms with Gasteiger partial charge in [-0.25, -0.2) is 0 Å². The molecular formula is C11H11ClN4S. The summed E-state index contributed by atoms with van der Waals surface area (Å²) in [4.78, 5) is 4.46. The van der Waals surface area contributed by atoms with Gasteiger partial charge in [-0.1, -0.05) is 29.9 Å². The number of aromatic nitrogens is 3. The lowest BCUT2D eigenvalue weighted by molar-refractivity contribution is 0.662. The summed E-state index contributed by atoms with van der Waals surface area (Å²) in [7, 11) is 0. The number of rotatable bonds is 3. The van der Waals surface area contributed by atoms with Crippen LogP contribution in [0.5, 0.6) is 0 Å². The lowest BCUT2D eigenvalue weighted by atomic mass is 10.2. The molecule has 0 unspecified atom stereocenters. The average molecular weight is 267 g/mol. The number of halogens is 1. The first-order chi connectivity index (χ1) is 8.09. The lowest BCUT2D eigenvalue weighted by Crippen LogP contribution is -2.16. The summed E-state index contributed by atoms with van der Waals surface area (Å²) in [5.41, 5.74) is 8.10. The monoisotopic (exact) mass is 266 g/mol. The quantitative estimate of drug-likeness (QED) is 0.863. The van der Waals surface area contributed by atoms with Crippen molar-refractivity contribution >= 4 is 28.8 Å². The van der Waals surface area contributed by atoms with Gasteiger partial charge < -0.3 is 5.73 Å². The highest BCUT2D eigenvalue weighted by Crippen LogP contribution is 2.15. The molecule has 0 atom stereocenters. The molecule has 88 valence electrons. The predicted molar refractivity (Wildman–Crippen MR) is 71.2 cm³/mol. The molecule has 2 heterocycles. The molecule has 0 amide bonds. The van der Waals surface area contributed by atoms with Gasteiger partial charge in [-0.3, -0.25) is 9.67 Å². The number of pyridine rings is 1. The van der Waals surface area contributed by atoms with Gasteiger partial charge in [0.25, 0.3) is 0 Å². The minimum atomic E-state index is 0.288. The summed E-state index contributed by atoms with van der Waals surface area (Å²) < 4.78 is 1.79. The van der Waals surface area contributed by atoms with Gasteiger partial charge in [0, 0.05) is 11.8 Å². The smallest absolute Gasteiger partial charge is 0.123 e. The number of thiocarbonyl (C=S) groups is 1. The van der Waals surface area contributed by atoms with Crippen molar-refractivity contribution in [2.45, 2.75) is 13.5 Å². The Morgan fingerprint density at radius 2 is 2.35 bits per heavy atom. The van der Waals surface area contributed by atoms with E-state index < -0.39 is 0 Å². The van der Waals surface area contributed by atoms with Crippen molar-refractivity contribution in [3.8, 4) is 0 Å². The summed E-state index contributed by atoms with van der Waals surface area (Å²) in [5, 5.41) is 4.83. The highest BCUT2D eigenvalue weighted by molar-refractivity contribution is 7.80. The van der Waals surface area contributed by atoms with E-state index in [1.54, 1.807) is 17.1 Å². The molecule has 0 bridgehead atoms. The van der Waals surface area contributed by atoms with Crippen LogP contribution in [0.1, 0.15) is 17.0 Å². The molecule has 0 aliphatic rings. The minimum Gasteiger partial charge on any atom is -0.388 e. The zero-order valence-corrected chi connectivity index (χ0v) is 10.8. The van der Waals surface area contributed by atoms with Crippen LogP contribution in [-0.2, 0) is 6.54 Å². The molecule has 0 radical (unpaired) electrons. The van der Waals surface area contributed by atoms with Crippen LogP contribution in [0.4, 0.5) is 0 Å². The second kappa shape index (κ2) is 4.81. The number of nitrogens with zero attached hydrogens (tertiary/aromatic N) is 3. The maximum Gasteiger partial charge on any atom is 0.123 e. The van der Waals surface area contributed by atoms with Gasteiger partial charge in [-0.15, -0.1) is 0 Å². The highest BCUT2D eigenvalue weighted by Gasteiger charge is 2.09. The van der Waals surface area contributed by atoms with Crippen LogP contribution in [-0.4, -0.2) is 19.8 Å². The highest BCUT2D eigenvalue weighted by atomic mass is 35.5. The topological polar surface area (TPSA) is 56.7 Å². The van der Waals surface area contributed by atoms with Crippen molar-refractivity contribution in [2.75, 3.05) is 0 Å². The van der Waals surface area contributed by atoms with Gasteiger partial charge >= 0.3 is 0 Å². The fraction of sp³-hybridized carbons (Fsp3) is 0.182. The molecule has 0 saturated heterocycles. The summed E-state index contributed by atoms with van der Waals surface area (Å²) in [6.45, 7) is 2.46. The molecule has 2 N–H and O–H groups in total. The van der Waals surface area contributed by atoms with Crippen LogP contribution in [0.3, 0.4) is 0 Å². The van der Waals surface area contributed by atoms with Crippen molar-refractivity contribution in [3.05, 3.63) is 46.5 Å². The summed E-state index contributed by atoms with van der Waals surface area (Å²) in [6.07, 6.45) is 3.29. The molecule has 0 fully saturated rings. The van der Waals surface area contributed by atoms with Gasteiger partial charge in [0.2, 0.25) is 0 Å². The summed E-state index contributed by atoms with van der Waals surface area (Å²) in [6, 6.07) is 3.77. The Hall–Kier alpha value is -1.46. The number of nitrogens with two attached hydrogens (primary N) is 1. The molecule has 4 nitrogen and oxygen atoms in total. The molecule has 17 heavy (non-hydrogen) atoms. The number of hydrogen-bond donors (Lipinski definition) is 1. The van der Waals surface area contributed by atoms with E-state index in [1.165, 1.54) is 0 Å². The fourth-order valence-corrected chi connectivity index (χ4v) is 1.86. The van der Waals surface area contributed by atoms with Crippen LogP contribution in [0.25, 0.3) is 0 Å². The Balaban J connectivity index is 2.36. The van der Waals surface area contributed by atoms with Gasteiger partial charge in [0.1, 0.15) is 10.7 Å². The first-order valence-electron chi connectivity index (χ1n) is 5.01. The van der Waals surface area contributed by atoms with Crippen molar-refractivity contribution in [2.24, 2.45) is 5.73 Å². The Morgan fingerprint density at radius 1 is 1.59 bits per heavy atom. The van der Waals surface area contributed by atoms with Crippen molar-refractivity contribution in [3.63, 3.8) is 0 Å². The molecule has 2 rings (SSSR count). The van der Waals surface area contributed by atoms with Crippen molar-refractivity contribution < 1.29 is 0 Å². The van der Waals surface area contributed by atoms with E-state index in [4.69, 9.17) is 29.6 Å². The van der Waals surface area contributed by atoms with E-state index in [1.807, 2.05) is 19.1 Å². The van der Waals surface area contributed by atoms with Crippen molar-refractivity contribution in [1.29, 1.82) is 0 Å². The second-order valence-corrected chi connectivity index (χ2v) is 4.46. The number of hydrogen-bond acceptors (Lipinski definition) is 3. The maximum atomic E-state index is 5.95. The molecule has 0 saturated carbocycles. The zero-order chi connectivity index (χ0) is 12.4. The second-order valence-electron chi connectivity index (χ2n) is 3.61. The molecule has 0 aromatic carbocycles. The normalized spacial score (nSPS) is 10.5. The molecule has 0 spiro atoms. The van der Waals surface area contributed by atoms with E-state index in [9.17, 15) is 0 Å². The molecule has 0 aliphatic carbocycles. The van der Waals surface area contributed by atoms with Crippen LogP contribution >= 0.6 is 23.8 Å². The maximum absolute atomic E-state index is 5.95. The predicted octanol–water partition coefficient (Wildman–Crippen LogP) is 1.92. The molecule has 0 aliphatic heterocycles. The largest absolute Gasteiger partial charge is 0.388 e. The van der Waals surface area contributed by atoms with E-state index in [0.29, 0.717) is 17.3 Å². The van der Waals surface area contributed by atoms with Gasteiger partial charge in [0.15, 0.2) is 0 Å². The van der Waals surface area contributed by atoms with E-state index >= 15 is 0 Å². The first kappa shape index (κ1) is 12.0. The van der Waals surface area contributed by atoms with Crippen LogP contribution in [0.2, 0.25) is 5.02 Å². The third-order valence-electron chi connectivity index (χ3n) is 2.49. The van der Waals surface area contributed by atoms with Crippen molar-refractivity contribution in [1.82, 2.24) is 14.8 Å². The summed E-state index contributed by atoms with van der Waals surface area (Å²) in [5.74, 6) is 0. The first-order valence-corrected chi connectivity index (χ1v) is 5.80. The zero-order valence-electron chi connectivity index (χ0n) is 9.22. The van der Waals surface area contributed by atoms with E-state index in [-0.39, 0.29) is 4.99 Å². The van der Waals surface area contributed by atoms with E-state index in [2.05, 4.69) is 10.1 Å². The standard InChI is InChI=1S/C11H11ClN4S/c1-7-9(12)5-15-16(7)6-8-3-2-4-14-10(8)11(13)17/h2-5H,6H2,1H3,(H2,13,17). The average Bonchev–Trinajstić information content (AvgIpc) is 2.61. The van der Waals surface area contributed by atoms with Gasteiger partial charge in [-0.2, -0.15) is 5.10 Å². The minimum absolute atomic E-state index is 0.288. The SMILES string of the molecule is Cc1c(Cl)cnn1Cc1cccnc1C(N)=S. The van der Waals surface area contributed by atoms with Crippen LogP contribution in [0.15, 0.2) is 24.5 Å². The van der Waals surface area contributed by atoms with E-state index in [0.717, 1.165) is 11.3 Å². The Morgan fingerprint density at radius 3 is 2.94 bits per heavy atom. The summed E-state index contributed by atoms with van der Waals surface area (Å²) >= 11 is 10.9. The fourth-order valence-electron chi connectivity index (χ4n) is 1.53. The lowest BCUT2D eigenvalue weighted by Gasteiger charge is -2.08. The van der Waals surface area contributed by atoms with Crippen LogP contribution in [0, 0.1) is 6.92 Å². The third kappa shape index (κ3) is 2.45. The molecule has 2 aromatic rings. The van der Waals surface area contributed by atoms with Crippen LogP contribution < -0.4 is 5.73 Å². The molecule has 6 heteroatoms. The Bertz CT molecular complexity index is 564. The Kier molecular flexibility index (Phi) is 3.40. The molecule has 2 aromatic heterocycles. The third-order valence-corrected chi connectivity index (χ3v) is 3.05. The Labute approximate surface area is 109 Å². The molecular weight excluding hydrogens is 256 g/mol.